The smallest absolute Gasteiger partial charge is 0.411 e. The van der Waals surface area contributed by atoms with Crippen molar-refractivity contribution >= 4 is 42.1 Å². The molecule has 0 aliphatic rings. The molecule has 1 unspecified atom stereocenters. The van der Waals surface area contributed by atoms with E-state index in [4.69, 9.17) is 4.74 Å². The summed E-state index contributed by atoms with van der Waals surface area (Å²) in [6.45, 7) is 19.7. The number of amides is 2. The van der Waals surface area contributed by atoms with Gasteiger partial charge >= 0.3 is 6.09 Å². The summed E-state index contributed by atoms with van der Waals surface area (Å²) in [4.78, 5) is 39.6. The number of rotatable bonds is 13. The van der Waals surface area contributed by atoms with E-state index in [-0.39, 0.29) is 30.6 Å². The summed E-state index contributed by atoms with van der Waals surface area (Å²) in [6, 6.07) is 29.6. The van der Waals surface area contributed by atoms with Gasteiger partial charge in [-0.25, -0.2) is 4.79 Å². The van der Waals surface area contributed by atoms with Crippen molar-refractivity contribution in [2.24, 2.45) is 5.92 Å². The average Bonchev–Trinajstić information content (AvgIpc) is 3.17. The fraction of sp³-hybridized carbons (Fsp3) is 0.312. The summed E-state index contributed by atoms with van der Waals surface area (Å²) in [5, 5.41) is 16.9. The number of benzene rings is 5. The molecule has 5 aromatic carbocycles. The van der Waals surface area contributed by atoms with E-state index in [0.29, 0.717) is 23.8 Å². The van der Waals surface area contributed by atoms with Crippen molar-refractivity contribution in [1.82, 2.24) is 0 Å². The monoisotopic (exact) mass is 772 g/mol. The maximum absolute atomic E-state index is 14.6. The van der Waals surface area contributed by atoms with Crippen molar-refractivity contribution in [3.63, 3.8) is 0 Å². The lowest BCUT2D eigenvalue weighted by molar-refractivity contribution is -0.118. The van der Waals surface area contributed by atoms with Gasteiger partial charge in [0.15, 0.2) is 5.52 Å². The quantitative estimate of drug-likeness (QED) is 0.103. The zero-order valence-corrected chi connectivity index (χ0v) is 35.5. The molecule has 1 atom stereocenters. The highest BCUT2D eigenvalue weighted by atomic mass is 31.1. The SMILES string of the molecule is CC.Cc1cc(C)c(CP(C(=O)c2c(C)cc(C)c(CO)c2C)c2ccccc2)c(C)c1COC(=O)Nc1ccc(Cc2ccc(NC(=O)C(C)C)cc2)cc1. The molecule has 0 bridgehead atoms. The number of carbonyl (C=O) groups is 3. The van der Waals surface area contributed by atoms with Crippen LogP contribution < -0.4 is 15.9 Å². The van der Waals surface area contributed by atoms with Gasteiger partial charge in [0.2, 0.25) is 5.91 Å². The Balaban J connectivity index is 0.00000342. The second kappa shape index (κ2) is 20.2. The largest absolute Gasteiger partial charge is 0.444 e. The molecule has 0 radical (unpaired) electrons. The van der Waals surface area contributed by atoms with Crippen molar-refractivity contribution in [3.8, 4) is 0 Å². The van der Waals surface area contributed by atoms with E-state index in [1.54, 1.807) is 0 Å². The third kappa shape index (κ3) is 10.8. The number of aliphatic hydroxyl groups excluding tert-OH is 1. The fourth-order valence-corrected chi connectivity index (χ4v) is 9.45. The molecule has 0 heterocycles. The van der Waals surface area contributed by atoms with Gasteiger partial charge < -0.3 is 15.2 Å². The molecule has 0 spiro atoms. The standard InChI is InChI=1S/C46H51N2O5P.C2H6/c1-28(2)44(50)47-37-18-14-35(15-19-37)24-36-16-20-38(21-17-36)48-46(52)53-26-41-30(4)22-31(5)42(33(41)7)27-54(39-12-10-9-11-13-39)45(51)43-32(6)23-29(3)40(25-49)34(43)8;1-2/h9-23,28,49H,24-27H2,1-8H3,(H,47,50)(H,48,52);1-2H3. The molecule has 5 aromatic rings. The lowest BCUT2D eigenvalue weighted by Crippen LogP contribution is -2.17. The number of aliphatic hydroxyl groups is 1. The third-order valence-corrected chi connectivity index (χ3v) is 12.4. The number of anilines is 2. The molecule has 7 nitrogen and oxygen atoms in total. The molecule has 56 heavy (non-hydrogen) atoms. The van der Waals surface area contributed by atoms with E-state index in [9.17, 15) is 19.5 Å². The van der Waals surface area contributed by atoms with Crippen molar-refractivity contribution < 1.29 is 24.2 Å². The number of nitrogens with one attached hydrogen (secondary N) is 2. The highest BCUT2D eigenvalue weighted by Gasteiger charge is 2.28. The van der Waals surface area contributed by atoms with Gasteiger partial charge in [-0.3, -0.25) is 14.9 Å². The van der Waals surface area contributed by atoms with Gasteiger partial charge in [-0.15, -0.1) is 0 Å². The molecule has 8 heteroatoms. The third-order valence-electron chi connectivity index (χ3n) is 10.1. The molecule has 0 aliphatic carbocycles. The Morgan fingerprint density at radius 2 is 1.18 bits per heavy atom. The first kappa shape index (κ1) is 43.6. The van der Waals surface area contributed by atoms with E-state index < -0.39 is 14.0 Å². The second-order valence-corrected chi connectivity index (χ2v) is 16.5. The van der Waals surface area contributed by atoms with Crippen LogP contribution in [0.4, 0.5) is 16.2 Å². The summed E-state index contributed by atoms with van der Waals surface area (Å²) in [7, 11) is -1.32. The lowest BCUT2D eigenvalue weighted by Gasteiger charge is -2.24. The van der Waals surface area contributed by atoms with Crippen molar-refractivity contribution in [2.45, 2.75) is 95.0 Å². The minimum absolute atomic E-state index is 0.0118. The van der Waals surface area contributed by atoms with E-state index in [1.165, 1.54) is 0 Å². The van der Waals surface area contributed by atoms with Crippen LogP contribution in [-0.4, -0.2) is 22.6 Å². The molecule has 294 valence electrons. The topological polar surface area (TPSA) is 105 Å². The lowest BCUT2D eigenvalue weighted by atomic mass is 9.94. The zero-order valence-electron chi connectivity index (χ0n) is 34.6. The van der Waals surface area contributed by atoms with Crippen molar-refractivity contribution in [3.05, 3.63) is 158 Å². The van der Waals surface area contributed by atoms with Crippen LogP contribution in [0.1, 0.15) is 99.3 Å². The Kier molecular flexibility index (Phi) is 15.7. The maximum atomic E-state index is 14.6. The Bertz CT molecular complexity index is 2140. The van der Waals surface area contributed by atoms with Crippen LogP contribution in [0.2, 0.25) is 0 Å². The number of carbonyl (C=O) groups excluding carboxylic acids is 3. The molecule has 0 saturated carbocycles. The van der Waals surface area contributed by atoms with Crippen molar-refractivity contribution in [2.75, 3.05) is 10.6 Å². The molecule has 0 aromatic heterocycles. The predicted molar refractivity (Wildman–Crippen MR) is 233 cm³/mol. The molecule has 3 N–H and O–H groups in total. The van der Waals surface area contributed by atoms with E-state index in [2.05, 4.69) is 30.5 Å². The summed E-state index contributed by atoms with van der Waals surface area (Å²) in [5.41, 5.74) is 13.1. The Hall–Kier alpha value is -5.10. The Morgan fingerprint density at radius 3 is 1.73 bits per heavy atom. The maximum Gasteiger partial charge on any atom is 0.411 e. The predicted octanol–water partition coefficient (Wildman–Crippen LogP) is 11.1. The van der Waals surface area contributed by atoms with E-state index in [1.807, 2.05) is 140 Å². The fourth-order valence-electron chi connectivity index (χ4n) is 6.94. The molecule has 0 fully saturated rings. The van der Waals surface area contributed by atoms with Crippen LogP contribution in [-0.2, 0) is 35.3 Å². The van der Waals surface area contributed by atoms with Crippen LogP contribution in [0, 0.1) is 47.5 Å². The number of aryl methyl sites for hydroxylation is 4. The zero-order chi connectivity index (χ0) is 41.1. The van der Waals surface area contributed by atoms with Gasteiger partial charge in [-0.05, 0) is 139 Å². The molecule has 0 saturated heterocycles. The van der Waals surface area contributed by atoms with Crippen LogP contribution in [0.3, 0.4) is 0 Å². The van der Waals surface area contributed by atoms with E-state index in [0.717, 1.165) is 72.2 Å². The van der Waals surface area contributed by atoms with Gasteiger partial charge in [0.25, 0.3) is 0 Å². The highest BCUT2D eigenvalue weighted by molar-refractivity contribution is 7.81. The molecule has 2 amide bonds. The van der Waals surface area contributed by atoms with Gasteiger partial charge in [-0.2, -0.15) is 0 Å². The summed E-state index contributed by atoms with van der Waals surface area (Å²) < 4.78 is 5.78. The number of hydrogen-bond acceptors (Lipinski definition) is 5. The average molecular weight is 773 g/mol. The molecule has 5 rings (SSSR count). The Labute approximate surface area is 334 Å². The summed E-state index contributed by atoms with van der Waals surface area (Å²) in [5.74, 6) is -0.0932. The van der Waals surface area contributed by atoms with Crippen LogP contribution in [0.5, 0.6) is 0 Å². The minimum atomic E-state index is -1.32. The first-order valence-electron chi connectivity index (χ1n) is 19.4. The second-order valence-electron chi connectivity index (χ2n) is 14.4. The number of ether oxygens (including phenoxy) is 1. The molecular formula is C48H57N2O5P. The molecule has 0 aliphatic heterocycles. The van der Waals surface area contributed by atoms with E-state index >= 15 is 0 Å². The van der Waals surface area contributed by atoms with Gasteiger partial charge in [0, 0.05) is 36.9 Å². The first-order valence-corrected chi connectivity index (χ1v) is 20.9. The highest BCUT2D eigenvalue weighted by Crippen LogP contribution is 2.46. The van der Waals surface area contributed by atoms with Crippen LogP contribution in [0.15, 0.2) is 91.0 Å². The Morgan fingerprint density at radius 1 is 0.661 bits per heavy atom. The first-order chi connectivity index (χ1) is 26.8. The number of hydrogen-bond donors (Lipinski definition) is 3. The van der Waals surface area contributed by atoms with Gasteiger partial charge in [-0.1, -0.05) is 94.4 Å². The van der Waals surface area contributed by atoms with Gasteiger partial charge in [0.05, 0.1) is 6.61 Å². The summed E-state index contributed by atoms with van der Waals surface area (Å²) >= 11 is 0. The van der Waals surface area contributed by atoms with Crippen molar-refractivity contribution in [1.29, 1.82) is 0 Å². The minimum Gasteiger partial charge on any atom is -0.444 e. The summed E-state index contributed by atoms with van der Waals surface area (Å²) in [6.07, 6.45) is 0.708. The molecular weight excluding hydrogens is 716 g/mol. The van der Waals surface area contributed by atoms with Crippen LogP contribution in [0.25, 0.3) is 0 Å². The van der Waals surface area contributed by atoms with Crippen LogP contribution >= 0.6 is 7.92 Å². The van der Waals surface area contributed by atoms with Gasteiger partial charge in [0.1, 0.15) is 6.61 Å². The normalized spacial score (nSPS) is 11.4.